The third-order valence-electron chi connectivity index (χ3n) is 3.72. The summed E-state index contributed by atoms with van der Waals surface area (Å²) >= 11 is 0. The third-order valence-corrected chi connectivity index (χ3v) is 3.72. The Morgan fingerprint density at radius 3 is 2.64 bits per heavy atom. The molecule has 0 saturated carbocycles. The lowest BCUT2D eigenvalue weighted by molar-refractivity contribution is -0.309. The van der Waals surface area contributed by atoms with E-state index in [0.717, 1.165) is 0 Å². The van der Waals surface area contributed by atoms with Gasteiger partial charge in [0.1, 0.15) is 24.4 Å². The predicted molar refractivity (Wildman–Crippen MR) is 72.1 cm³/mol. The van der Waals surface area contributed by atoms with Gasteiger partial charge in [0.2, 0.25) is 0 Å². The van der Waals surface area contributed by atoms with Gasteiger partial charge in [0.15, 0.2) is 6.29 Å². The van der Waals surface area contributed by atoms with E-state index in [2.05, 4.69) is 0 Å². The normalized spacial score (nSPS) is 44.0. The molecule has 0 aromatic rings. The first-order chi connectivity index (χ1) is 10.5. The fourth-order valence-corrected chi connectivity index (χ4v) is 2.45. The number of hydrogen-bond donors (Lipinski definition) is 5. The van der Waals surface area contributed by atoms with Crippen LogP contribution in [0.1, 0.15) is 6.42 Å². The van der Waals surface area contributed by atoms with Gasteiger partial charge in [-0.25, -0.2) is 0 Å². The first-order valence-corrected chi connectivity index (χ1v) is 6.89. The Balaban J connectivity index is 2.12. The van der Waals surface area contributed by atoms with E-state index in [-0.39, 0.29) is 6.42 Å². The topological polar surface area (TPSA) is 143 Å². The molecule has 1 heterocycles. The summed E-state index contributed by atoms with van der Waals surface area (Å²) in [6, 6.07) is 1.86. The molecule has 0 spiro atoms. The van der Waals surface area contributed by atoms with Crippen molar-refractivity contribution in [3.8, 4) is 6.07 Å². The summed E-state index contributed by atoms with van der Waals surface area (Å²) < 4.78 is 10.8. The van der Waals surface area contributed by atoms with Gasteiger partial charge in [0.25, 0.3) is 0 Å². The number of nitrogens with zero attached hydrogens (tertiary/aromatic N) is 1. The van der Waals surface area contributed by atoms with Crippen LogP contribution in [0.15, 0.2) is 23.8 Å². The molecule has 5 N–H and O–H groups in total. The summed E-state index contributed by atoms with van der Waals surface area (Å²) in [6.45, 7) is -0.557. The summed E-state index contributed by atoms with van der Waals surface area (Å²) in [5.74, 6) is 0. The number of nitriles is 1. The molecule has 1 fully saturated rings. The maximum Gasteiger partial charge on any atom is 0.187 e. The third kappa shape index (κ3) is 3.53. The quantitative estimate of drug-likeness (QED) is 0.374. The molecule has 1 aliphatic carbocycles. The van der Waals surface area contributed by atoms with Crippen molar-refractivity contribution >= 4 is 0 Å². The van der Waals surface area contributed by atoms with E-state index in [9.17, 15) is 20.4 Å². The van der Waals surface area contributed by atoms with Crippen molar-refractivity contribution in [3.05, 3.63) is 23.8 Å². The Morgan fingerprint density at radius 1 is 1.27 bits per heavy atom. The predicted octanol–water partition coefficient (Wildman–Crippen LogP) is -2.06. The van der Waals surface area contributed by atoms with Crippen LogP contribution in [0.25, 0.3) is 0 Å². The molecular formula is C14H19NO7. The highest BCUT2D eigenvalue weighted by molar-refractivity contribution is 5.32. The number of aliphatic hydroxyl groups excluding tert-OH is 5. The highest BCUT2D eigenvalue weighted by Gasteiger charge is 2.45. The Bertz CT molecular complexity index is 484. The molecule has 8 nitrogen and oxygen atoms in total. The van der Waals surface area contributed by atoms with Crippen LogP contribution >= 0.6 is 0 Å². The Kier molecular flexibility index (Phi) is 5.66. The summed E-state index contributed by atoms with van der Waals surface area (Å²) in [6.07, 6.45) is -3.96. The average molecular weight is 313 g/mol. The van der Waals surface area contributed by atoms with Crippen LogP contribution < -0.4 is 0 Å². The minimum Gasteiger partial charge on any atom is -0.394 e. The van der Waals surface area contributed by atoms with Crippen molar-refractivity contribution in [2.24, 2.45) is 0 Å². The first-order valence-electron chi connectivity index (χ1n) is 6.89. The molecule has 7 atom stereocenters. The van der Waals surface area contributed by atoms with Crippen molar-refractivity contribution < 1.29 is 35.0 Å². The molecule has 122 valence electrons. The van der Waals surface area contributed by atoms with Crippen LogP contribution in [-0.4, -0.2) is 75.1 Å². The van der Waals surface area contributed by atoms with Crippen molar-refractivity contribution in [2.75, 3.05) is 6.61 Å². The van der Waals surface area contributed by atoms with E-state index >= 15 is 0 Å². The zero-order valence-corrected chi connectivity index (χ0v) is 11.7. The molecule has 2 aliphatic rings. The van der Waals surface area contributed by atoms with Gasteiger partial charge >= 0.3 is 0 Å². The zero-order valence-electron chi connectivity index (χ0n) is 11.7. The first kappa shape index (κ1) is 17.1. The highest BCUT2D eigenvalue weighted by atomic mass is 16.7. The maximum absolute atomic E-state index is 9.93. The van der Waals surface area contributed by atoms with Crippen molar-refractivity contribution in [2.45, 2.75) is 49.3 Å². The van der Waals surface area contributed by atoms with Crippen molar-refractivity contribution in [3.63, 3.8) is 0 Å². The Morgan fingerprint density at radius 2 is 2.00 bits per heavy atom. The lowest BCUT2D eigenvalue weighted by Crippen LogP contribution is -2.59. The molecule has 0 aromatic carbocycles. The van der Waals surface area contributed by atoms with Gasteiger partial charge in [-0.1, -0.05) is 12.2 Å². The fourth-order valence-electron chi connectivity index (χ4n) is 2.45. The van der Waals surface area contributed by atoms with E-state index < -0.39 is 49.5 Å². The van der Waals surface area contributed by atoms with Crippen LogP contribution in [0.2, 0.25) is 0 Å². The summed E-state index contributed by atoms with van der Waals surface area (Å²) in [5, 5.41) is 56.9. The van der Waals surface area contributed by atoms with Crippen LogP contribution in [0.3, 0.4) is 0 Å². The summed E-state index contributed by atoms with van der Waals surface area (Å²) in [5.41, 5.74) is 0.491. The maximum atomic E-state index is 9.93. The van der Waals surface area contributed by atoms with E-state index in [4.69, 9.17) is 19.8 Å². The van der Waals surface area contributed by atoms with Gasteiger partial charge in [-0.3, -0.25) is 0 Å². The van der Waals surface area contributed by atoms with E-state index in [1.54, 1.807) is 0 Å². The van der Waals surface area contributed by atoms with E-state index in [1.165, 1.54) is 18.2 Å². The van der Waals surface area contributed by atoms with E-state index in [1.807, 2.05) is 6.07 Å². The molecular weight excluding hydrogens is 294 g/mol. The molecule has 1 aliphatic heterocycles. The van der Waals surface area contributed by atoms with Crippen LogP contribution in [-0.2, 0) is 9.47 Å². The number of hydrogen-bond acceptors (Lipinski definition) is 8. The second kappa shape index (κ2) is 7.30. The average Bonchev–Trinajstić information content (AvgIpc) is 2.50. The second-order valence-electron chi connectivity index (χ2n) is 5.26. The van der Waals surface area contributed by atoms with Gasteiger partial charge < -0.3 is 35.0 Å². The molecule has 0 unspecified atom stereocenters. The molecule has 8 heteroatoms. The lowest BCUT2D eigenvalue weighted by atomic mass is 9.95. The summed E-state index contributed by atoms with van der Waals surface area (Å²) in [4.78, 5) is 0. The molecule has 22 heavy (non-hydrogen) atoms. The molecule has 2 rings (SSSR count). The van der Waals surface area contributed by atoms with Gasteiger partial charge in [0, 0.05) is 12.5 Å². The Hall–Kier alpha value is -1.31. The standard InChI is InChI=1S/C14H19NO7/c15-4-3-7-1-2-8(17)5-9(7)21-14-13(20)12(19)11(18)10(6-16)22-14/h1-3,8-14,16-20H,5-6H2/b7-3+/t8-,9-,10-,11-,12+,13-,14-/m1/s1. The van der Waals surface area contributed by atoms with Crippen LogP contribution in [0.4, 0.5) is 0 Å². The van der Waals surface area contributed by atoms with E-state index in [0.29, 0.717) is 5.57 Å². The minimum atomic E-state index is -1.54. The van der Waals surface area contributed by atoms with Gasteiger partial charge in [-0.05, 0) is 5.57 Å². The van der Waals surface area contributed by atoms with Crippen LogP contribution in [0, 0.1) is 11.3 Å². The molecule has 1 saturated heterocycles. The van der Waals surface area contributed by atoms with Gasteiger partial charge in [0.05, 0.1) is 24.9 Å². The molecule has 0 radical (unpaired) electrons. The smallest absolute Gasteiger partial charge is 0.187 e. The van der Waals surface area contributed by atoms with Crippen LogP contribution in [0.5, 0.6) is 0 Å². The number of allylic oxidation sites excluding steroid dienone is 1. The minimum absolute atomic E-state index is 0.152. The monoisotopic (exact) mass is 313 g/mol. The molecule has 0 bridgehead atoms. The summed E-state index contributed by atoms with van der Waals surface area (Å²) in [7, 11) is 0. The highest BCUT2D eigenvalue weighted by Crippen LogP contribution is 2.28. The van der Waals surface area contributed by atoms with Crippen molar-refractivity contribution in [1.82, 2.24) is 0 Å². The Labute approximate surface area is 127 Å². The van der Waals surface area contributed by atoms with Gasteiger partial charge in [-0.15, -0.1) is 0 Å². The zero-order chi connectivity index (χ0) is 16.3. The SMILES string of the molecule is N#C/C=C1\C=C[C@@H](O)C[C@H]1O[C@@H]1O[C@H](CO)[C@@H](O)[C@H](O)[C@H]1O. The molecule has 0 amide bonds. The fraction of sp³-hybridized carbons (Fsp3) is 0.643. The van der Waals surface area contributed by atoms with Crippen molar-refractivity contribution in [1.29, 1.82) is 5.26 Å². The number of aliphatic hydroxyl groups is 5. The second-order valence-corrected chi connectivity index (χ2v) is 5.26. The largest absolute Gasteiger partial charge is 0.394 e. The lowest BCUT2D eigenvalue weighted by Gasteiger charge is -2.41. The molecule has 0 aromatic heterocycles. The van der Waals surface area contributed by atoms with Gasteiger partial charge in [-0.2, -0.15) is 5.26 Å². The number of ether oxygens (including phenoxy) is 2. The number of rotatable bonds is 3.